The Labute approximate surface area is 129 Å². The first-order valence-corrected chi connectivity index (χ1v) is 7.23. The molecule has 0 spiro atoms. The maximum absolute atomic E-state index is 12.3. The molecule has 6 nitrogen and oxygen atoms in total. The average molecular weight is 298 g/mol. The Kier molecular flexibility index (Phi) is 4.18. The number of carbonyl (C=O) groups is 1. The summed E-state index contributed by atoms with van der Waals surface area (Å²) >= 11 is 0. The molecule has 0 bridgehead atoms. The number of methoxy groups -OCH3 is 1. The van der Waals surface area contributed by atoms with Crippen molar-refractivity contribution >= 4 is 11.6 Å². The van der Waals surface area contributed by atoms with Crippen LogP contribution in [0.3, 0.4) is 0 Å². The van der Waals surface area contributed by atoms with Crippen LogP contribution < -0.4 is 9.64 Å². The molecule has 0 atom stereocenters. The van der Waals surface area contributed by atoms with Crippen LogP contribution in [0.25, 0.3) is 0 Å². The van der Waals surface area contributed by atoms with E-state index in [9.17, 15) is 4.79 Å². The first-order valence-electron chi connectivity index (χ1n) is 7.23. The Balaban J connectivity index is 1.61. The lowest BCUT2D eigenvalue weighted by atomic mass is 10.2. The zero-order valence-electron chi connectivity index (χ0n) is 12.5. The number of nitrogens with zero attached hydrogens (tertiary/aromatic N) is 4. The predicted octanol–water partition coefficient (Wildman–Crippen LogP) is 1.45. The molecule has 2 aromatic rings. The van der Waals surface area contributed by atoms with Crippen molar-refractivity contribution in [2.75, 3.05) is 38.2 Å². The lowest BCUT2D eigenvalue weighted by Crippen LogP contribution is -2.49. The highest BCUT2D eigenvalue weighted by Gasteiger charge is 2.23. The molecule has 2 heterocycles. The molecule has 1 aromatic heterocycles. The molecule has 1 fully saturated rings. The number of benzene rings is 1. The summed E-state index contributed by atoms with van der Waals surface area (Å²) in [5.41, 5.74) is 1.14. The highest BCUT2D eigenvalue weighted by Crippen LogP contribution is 2.20. The fourth-order valence-electron chi connectivity index (χ4n) is 2.51. The quantitative estimate of drug-likeness (QED) is 0.858. The second-order valence-electron chi connectivity index (χ2n) is 5.05. The number of hydrogen-bond acceptors (Lipinski definition) is 5. The topological polar surface area (TPSA) is 58.6 Å². The van der Waals surface area contributed by atoms with Gasteiger partial charge in [0.15, 0.2) is 0 Å². The van der Waals surface area contributed by atoms with Crippen molar-refractivity contribution in [2.45, 2.75) is 0 Å². The van der Waals surface area contributed by atoms with Crippen molar-refractivity contribution < 1.29 is 9.53 Å². The third-order valence-corrected chi connectivity index (χ3v) is 3.76. The summed E-state index contributed by atoms with van der Waals surface area (Å²) in [5, 5.41) is 0. The Hall–Kier alpha value is -2.63. The Morgan fingerprint density at radius 3 is 2.27 bits per heavy atom. The van der Waals surface area contributed by atoms with Crippen molar-refractivity contribution in [1.29, 1.82) is 0 Å². The SMILES string of the molecule is COc1ccc(N2CCN(C(=O)c3ncccn3)CC2)cc1. The maximum atomic E-state index is 12.3. The largest absolute Gasteiger partial charge is 0.497 e. The molecular formula is C16H18N4O2. The fraction of sp³-hybridized carbons (Fsp3) is 0.312. The normalized spacial score (nSPS) is 14.8. The summed E-state index contributed by atoms with van der Waals surface area (Å²) in [7, 11) is 1.66. The van der Waals surface area contributed by atoms with E-state index in [1.165, 1.54) is 0 Å². The molecule has 0 unspecified atom stereocenters. The van der Waals surface area contributed by atoms with E-state index in [1.54, 1.807) is 30.5 Å². The van der Waals surface area contributed by atoms with E-state index in [2.05, 4.69) is 14.9 Å². The molecule has 1 saturated heterocycles. The summed E-state index contributed by atoms with van der Waals surface area (Å²) in [6.45, 7) is 2.93. The minimum atomic E-state index is -0.102. The molecule has 3 rings (SSSR count). The van der Waals surface area contributed by atoms with E-state index in [0.717, 1.165) is 24.5 Å². The van der Waals surface area contributed by atoms with Crippen LogP contribution in [0.2, 0.25) is 0 Å². The monoisotopic (exact) mass is 298 g/mol. The summed E-state index contributed by atoms with van der Waals surface area (Å²) < 4.78 is 5.17. The van der Waals surface area contributed by atoms with E-state index >= 15 is 0 Å². The van der Waals surface area contributed by atoms with Gasteiger partial charge < -0.3 is 14.5 Å². The zero-order valence-corrected chi connectivity index (χ0v) is 12.5. The van der Waals surface area contributed by atoms with Gasteiger partial charge in [0.1, 0.15) is 5.75 Å². The number of carbonyl (C=O) groups excluding carboxylic acids is 1. The van der Waals surface area contributed by atoms with Crippen LogP contribution in [0.4, 0.5) is 5.69 Å². The summed E-state index contributed by atoms with van der Waals surface area (Å²) in [6, 6.07) is 9.68. The van der Waals surface area contributed by atoms with Crippen molar-refractivity contribution in [2.24, 2.45) is 0 Å². The molecule has 1 aliphatic heterocycles. The second kappa shape index (κ2) is 6.43. The Morgan fingerprint density at radius 1 is 1.05 bits per heavy atom. The Bertz CT molecular complexity index is 622. The number of hydrogen-bond donors (Lipinski definition) is 0. The highest BCUT2D eigenvalue weighted by molar-refractivity contribution is 5.90. The average Bonchev–Trinajstić information content (AvgIpc) is 2.62. The lowest BCUT2D eigenvalue weighted by molar-refractivity contribution is 0.0734. The van der Waals surface area contributed by atoms with Crippen LogP contribution in [0.15, 0.2) is 42.7 Å². The molecule has 6 heteroatoms. The van der Waals surface area contributed by atoms with Gasteiger partial charge in [-0.05, 0) is 30.3 Å². The number of aromatic nitrogens is 2. The zero-order chi connectivity index (χ0) is 15.4. The van der Waals surface area contributed by atoms with Gasteiger partial charge in [-0.2, -0.15) is 0 Å². The van der Waals surface area contributed by atoms with E-state index in [4.69, 9.17) is 4.74 Å². The van der Waals surface area contributed by atoms with E-state index in [0.29, 0.717) is 13.1 Å². The van der Waals surface area contributed by atoms with Crippen molar-refractivity contribution in [3.63, 3.8) is 0 Å². The van der Waals surface area contributed by atoms with Gasteiger partial charge in [-0.1, -0.05) is 0 Å². The van der Waals surface area contributed by atoms with Gasteiger partial charge in [-0.25, -0.2) is 9.97 Å². The molecule has 22 heavy (non-hydrogen) atoms. The first kappa shape index (κ1) is 14.3. The lowest BCUT2D eigenvalue weighted by Gasteiger charge is -2.35. The molecule has 0 N–H and O–H groups in total. The van der Waals surface area contributed by atoms with Crippen molar-refractivity contribution in [3.8, 4) is 5.75 Å². The first-order chi connectivity index (χ1) is 10.8. The third-order valence-electron chi connectivity index (χ3n) is 3.76. The van der Waals surface area contributed by atoms with Crippen molar-refractivity contribution in [3.05, 3.63) is 48.5 Å². The molecule has 114 valence electrons. The highest BCUT2D eigenvalue weighted by atomic mass is 16.5. The number of piperazine rings is 1. The van der Waals surface area contributed by atoms with Gasteiger partial charge in [-0.3, -0.25) is 4.79 Å². The molecule has 1 aliphatic rings. The summed E-state index contributed by atoms with van der Waals surface area (Å²) in [6.07, 6.45) is 3.18. The van der Waals surface area contributed by atoms with Gasteiger partial charge in [0, 0.05) is 44.3 Å². The molecule has 1 aromatic carbocycles. The minimum absolute atomic E-state index is 0.102. The van der Waals surface area contributed by atoms with Gasteiger partial charge >= 0.3 is 0 Å². The van der Waals surface area contributed by atoms with Gasteiger partial charge in [0.05, 0.1) is 7.11 Å². The fourth-order valence-corrected chi connectivity index (χ4v) is 2.51. The van der Waals surface area contributed by atoms with Gasteiger partial charge in [0.2, 0.25) is 5.82 Å². The molecule has 0 aliphatic carbocycles. The van der Waals surface area contributed by atoms with E-state index in [-0.39, 0.29) is 11.7 Å². The van der Waals surface area contributed by atoms with Crippen LogP contribution in [0.1, 0.15) is 10.6 Å². The van der Waals surface area contributed by atoms with Gasteiger partial charge in [0.25, 0.3) is 5.91 Å². The summed E-state index contributed by atoms with van der Waals surface area (Å²) in [5.74, 6) is 1.01. The van der Waals surface area contributed by atoms with Crippen LogP contribution in [0.5, 0.6) is 5.75 Å². The molecule has 1 amide bonds. The molecular weight excluding hydrogens is 280 g/mol. The number of rotatable bonds is 3. The third kappa shape index (κ3) is 3.00. The predicted molar refractivity (Wildman–Crippen MR) is 83.1 cm³/mol. The van der Waals surface area contributed by atoms with Gasteiger partial charge in [-0.15, -0.1) is 0 Å². The smallest absolute Gasteiger partial charge is 0.291 e. The number of amides is 1. The summed E-state index contributed by atoms with van der Waals surface area (Å²) in [4.78, 5) is 24.4. The van der Waals surface area contributed by atoms with Crippen LogP contribution in [0, 0.1) is 0 Å². The maximum Gasteiger partial charge on any atom is 0.291 e. The van der Waals surface area contributed by atoms with Crippen LogP contribution >= 0.6 is 0 Å². The van der Waals surface area contributed by atoms with E-state index < -0.39 is 0 Å². The number of anilines is 1. The van der Waals surface area contributed by atoms with Crippen LogP contribution in [-0.2, 0) is 0 Å². The minimum Gasteiger partial charge on any atom is -0.497 e. The van der Waals surface area contributed by atoms with Crippen LogP contribution in [-0.4, -0.2) is 54.1 Å². The number of ether oxygens (including phenoxy) is 1. The van der Waals surface area contributed by atoms with Crippen molar-refractivity contribution in [1.82, 2.24) is 14.9 Å². The second-order valence-corrected chi connectivity index (χ2v) is 5.05. The standard InChI is InChI=1S/C16H18N4O2/c1-22-14-5-3-13(4-6-14)19-9-11-20(12-10-19)16(21)15-17-7-2-8-18-15/h2-8H,9-12H2,1H3. The Morgan fingerprint density at radius 2 is 1.68 bits per heavy atom. The van der Waals surface area contributed by atoms with E-state index in [1.807, 2.05) is 24.3 Å². The molecule has 0 radical (unpaired) electrons. The molecule has 0 saturated carbocycles.